The van der Waals surface area contributed by atoms with E-state index in [0.717, 1.165) is 44.3 Å². The third kappa shape index (κ3) is 2.55. The Bertz CT molecular complexity index is 911. The van der Waals surface area contributed by atoms with Gasteiger partial charge in [-0.05, 0) is 79.2 Å². The van der Waals surface area contributed by atoms with E-state index in [9.17, 15) is 8.42 Å². The molecule has 0 bridgehead atoms. The molecule has 1 saturated carbocycles. The quantitative estimate of drug-likeness (QED) is 0.608. The van der Waals surface area contributed by atoms with Crippen molar-refractivity contribution in [2.24, 2.45) is 11.3 Å². The van der Waals surface area contributed by atoms with Gasteiger partial charge in [0.2, 0.25) is 0 Å². The molecule has 5 rings (SSSR count). The minimum atomic E-state index is -3.25. The van der Waals surface area contributed by atoms with E-state index in [1.54, 1.807) is 7.11 Å². The Balaban J connectivity index is 1.66. The zero-order chi connectivity index (χ0) is 18.8. The Labute approximate surface area is 167 Å². The van der Waals surface area contributed by atoms with Crippen LogP contribution in [0.1, 0.15) is 62.5 Å². The van der Waals surface area contributed by atoms with Crippen molar-refractivity contribution in [1.82, 2.24) is 0 Å². The number of aryl methyl sites for hydroxylation is 1. The number of fused-ring (bicyclic) bond motifs is 5. The summed E-state index contributed by atoms with van der Waals surface area (Å²) in [6, 6.07) is 6.38. The molecule has 3 unspecified atom stereocenters. The Kier molecular flexibility index (Phi) is 4.18. The number of alkyl halides is 1. The van der Waals surface area contributed by atoms with Crippen molar-refractivity contribution < 1.29 is 13.2 Å². The fourth-order valence-corrected chi connectivity index (χ4v) is 9.50. The minimum absolute atomic E-state index is 0.105. The summed E-state index contributed by atoms with van der Waals surface area (Å²) in [4.78, 5) is 0. The zero-order valence-electron chi connectivity index (χ0n) is 15.8. The molecular weight excluding hydrogens is 380 g/mol. The highest BCUT2D eigenvalue weighted by Gasteiger charge is 2.58. The van der Waals surface area contributed by atoms with Crippen LogP contribution in [0.15, 0.2) is 23.8 Å². The van der Waals surface area contributed by atoms with E-state index < -0.39 is 14.5 Å². The molecule has 3 atom stereocenters. The predicted molar refractivity (Wildman–Crippen MR) is 109 cm³/mol. The van der Waals surface area contributed by atoms with E-state index in [-0.39, 0.29) is 16.6 Å². The third-order valence-electron chi connectivity index (χ3n) is 7.72. The van der Waals surface area contributed by atoms with Crippen LogP contribution in [0.3, 0.4) is 0 Å². The summed E-state index contributed by atoms with van der Waals surface area (Å²) < 4.78 is 31.0. The van der Waals surface area contributed by atoms with Crippen molar-refractivity contribution in [3.05, 3.63) is 34.9 Å². The van der Waals surface area contributed by atoms with Crippen LogP contribution in [0, 0.1) is 11.3 Å². The number of methoxy groups -OCH3 is 1. The highest BCUT2D eigenvalue weighted by Crippen LogP contribution is 2.62. The molecule has 1 saturated heterocycles. The molecule has 3 nitrogen and oxygen atoms in total. The molecule has 0 aromatic heterocycles. The summed E-state index contributed by atoms with van der Waals surface area (Å²) in [6.07, 6.45) is 8.89. The normalized spacial score (nSPS) is 33.3. The van der Waals surface area contributed by atoms with Gasteiger partial charge in [-0.25, -0.2) is 8.42 Å². The molecule has 0 N–H and O–H groups in total. The summed E-state index contributed by atoms with van der Waals surface area (Å²) in [6.45, 7) is 0. The molecule has 0 radical (unpaired) electrons. The summed E-state index contributed by atoms with van der Waals surface area (Å²) in [7, 11) is -1.55. The maximum Gasteiger partial charge on any atom is 0.170 e. The summed E-state index contributed by atoms with van der Waals surface area (Å²) in [5.41, 5.74) is 5.65. The maximum atomic E-state index is 13.1. The lowest BCUT2D eigenvalue weighted by Gasteiger charge is -2.52. The van der Waals surface area contributed by atoms with Gasteiger partial charge in [0.15, 0.2) is 9.84 Å². The van der Waals surface area contributed by atoms with Crippen LogP contribution < -0.4 is 4.74 Å². The topological polar surface area (TPSA) is 43.4 Å². The van der Waals surface area contributed by atoms with Gasteiger partial charge in [0, 0.05) is 5.92 Å². The summed E-state index contributed by atoms with van der Waals surface area (Å²) in [5, 5.41) is -0.273. The Morgan fingerprint density at radius 1 is 1.15 bits per heavy atom. The van der Waals surface area contributed by atoms with Crippen LogP contribution in [-0.2, 0) is 16.3 Å². The van der Waals surface area contributed by atoms with Gasteiger partial charge in [0.05, 0.1) is 12.4 Å². The van der Waals surface area contributed by atoms with Gasteiger partial charge in [0.25, 0.3) is 0 Å². The highest BCUT2D eigenvalue weighted by atomic mass is 35.5. The van der Waals surface area contributed by atoms with Gasteiger partial charge in [-0.2, -0.15) is 0 Å². The van der Waals surface area contributed by atoms with Crippen molar-refractivity contribution in [2.45, 2.75) is 67.7 Å². The van der Waals surface area contributed by atoms with Crippen LogP contribution >= 0.6 is 11.6 Å². The maximum absolute atomic E-state index is 13.1. The van der Waals surface area contributed by atoms with Crippen LogP contribution in [-0.4, -0.2) is 25.5 Å². The Morgan fingerprint density at radius 3 is 2.67 bits per heavy atom. The van der Waals surface area contributed by atoms with E-state index >= 15 is 0 Å². The Morgan fingerprint density at radius 2 is 1.93 bits per heavy atom. The number of ether oxygens (including phenoxy) is 1. The molecule has 146 valence electrons. The second-order valence-corrected chi connectivity index (χ2v) is 12.0. The van der Waals surface area contributed by atoms with Crippen LogP contribution in [0.25, 0.3) is 5.57 Å². The molecule has 2 fully saturated rings. The van der Waals surface area contributed by atoms with E-state index in [1.165, 1.54) is 35.1 Å². The van der Waals surface area contributed by atoms with Gasteiger partial charge >= 0.3 is 0 Å². The lowest BCUT2D eigenvalue weighted by molar-refractivity contribution is 0.154. The zero-order valence-corrected chi connectivity index (χ0v) is 17.4. The lowest BCUT2D eigenvalue weighted by Crippen LogP contribution is -2.52. The molecule has 1 aliphatic heterocycles. The number of hydrogen-bond donors (Lipinski definition) is 0. The molecule has 1 aromatic carbocycles. The van der Waals surface area contributed by atoms with Gasteiger partial charge in [-0.15, -0.1) is 11.6 Å². The second kappa shape index (κ2) is 6.25. The molecule has 1 spiro atoms. The first-order valence-electron chi connectivity index (χ1n) is 10.2. The number of allylic oxidation sites excluding steroid dienone is 2. The average Bonchev–Trinajstić information content (AvgIpc) is 3.14. The fraction of sp³-hybridized carbons (Fsp3) is 0.636. The molecule has 1 aromatic rings. The summed E-state index contributed by atoms with van der Waals surface area (Å²) >= 11 is 6.47. The molecule has 1 heterocycles. The van der Waals surface area contributed by atoms with E-state index in [2.05, 4.69) is 12.1 Å². The SMILES string of the molecule is COc1ccc2c(c1)CCC1=C2CCC2C1C1(CCCC1)CC(Cl)S2(=O)=O. The van der Waals surface area contributed by atoms with Gasteiger partial charge in [0.1, 0.15) is 10.5 Å². The molecule has 4 aliphatic rings. The lowest BCUT2D eigenvalue weighted by atomic mass is 9.60. The first kappa shape index (κ1) is 18.1. The van der Waals surface area contributed by atoms with Crippen LogP contribution in [0.4, 0.5) is 0 Å². The standard InChI is InChI=1S/C22H27ClO3S/c1-26-15-5-7-16-14(12-15)4-6-18-17(16)8-9-19-21(18)22(10-2-3-11-22)13-20(23)27(19,24)25/h5,7,12,19-21H,2-4,6,8-11,13H2,1H3. The van der Waals surface area contributed by atoms with E-state index in [4.69, 9.17) is 16.3 Å². The molecule has 27 heavy (non-hydrogen) atoms. The second-order valence-electron chi connectivity index (χ2n) is 8.85. The minimum Gasteiger partial charge on any atom is -0.497 e. The van der Waals surface area contributed by atoms with Crippen molar-refractivity contribution in [3.8, 4) is 5.75 Å². The predicted octanol–water partition coefficient (Wildman–Crippen LogP) is 5.12. The van der Waals surface area contributed by atoms with Gasteiger partial charge in [-0.1, -0.05) is 24.5 Å². The third-order valence-corrected chi connectivity index (χ3v) is 10.9. The average molecular weight is 407 g/mol. The fourth-order valence-electron chi connectivity index (χ4n) is 6.57. The van der Waals surface area contributed by atoms with E-state index in [0.29, 0.717) is 6.42 Å². The van der Waals surface area contributed by atoms with Crippen molar-refractivity contribution in [3.63, 3.8) is 0 Å². The van der Waals surface area contributed by atoms with Gasteiger partial charge in [-0.3, -0.25) is 0 Å². The first-order chi connectivity index (χ1) is 13.0. The molecule has 5 heteroatoms. The van der Waals surface area contributed by atoms with Gasteiger partial charge < -0.3 is 4.74 Å². The Hall–Kier alpha value is -1.00. The summed E-state index contributed by atoms with van der Waals surface area (Å²) in [5.74, 6) is 1.09. The van der Waals surface area contributed by atoms with Crippen molar-refractivity contribution in [2.75, 3.05) is 7.11 Å². The number of benzene rings is 1. The van der Waals surface area contributed by atoms with E-state index in [1.807, 2.05) is 6.07 Å². The van der Waals surface area contributed by atoms with Crippen molar-refractivity contribution >= 4 is 27.0 Å². The van der Waals surface area contributed by atoms with Crippen LogP contribution in [0.2, 0.25) is 0 Å². The molecule has 3 aliphatic carbocycles. The molecule has 0 amide bonds. The number of sulfone groups is 1. The smallest absolute Gasteiger partial charge is 0.170 e. The van der Waals surface area contributed by atoms with Crippen LogP contribution in [0.5, 0.6) is 5.75 Å². The molecular formula is C22H27ClO3S. The largest absolute Gasteiger partial charge is 0.497 e. The number of halogens is 1. The highest BCUT2D eigenvalue weighted by molar-refractivity contribution is 7.93. The number of hydrogen-bond acceptors (Lipinski definition) is 3. The number of rotatable bonds is 1. The van der Waals surface area contributed by atoms with Crippen molar-refractivity contribution in [1.29, 1.82) is 0 Å². The monoisotopic (exact) mass is 406 g/mol. The first-order valence-corrected chi connectivity index (χ1v) is 12.3.